The number of oxazole rings is 1. The lowest BCUT2D eigenvalue weighted by molar-refractivity contribution is 0.0601. The molecule has 0 fully saturated rings. The molecule has 40 heavy (non-hydrogen) atoms. The van der Waals surface area contributed by atoms with Crippen molar-refractivity contribution in [2.75, 3.05) is 12.9 Å². The number of ether oxygens (including phenoxy) is 1. The first-order valence-corrected chi connectivity index (χ1v) is 14.7. The molecule has 0 saturated heterocycles. The van der Waals surface area contributed by atoms with Crippen molar-refractivity contribution in [3.63, 3.8) is 0 Å². The molecule has 0 amide bonds. The van der Waals surface area contributed by atoms with Crippen LogP contribution in [0.2, 0.25) is 0 Å². The van der Waals surface area contributed by atoms with Crippen molar-refractivity contribution in [1.82, 2.24) is 14.5 Å². The summed E-state index contributed by atoms with van der Waals surface area (Å²) in [5.74, 6) is 1.26. The number of thioether (sulfide) groups is 1. The number of aromatic nitrogens is 3. The van der Waals surface area contributed by atoms with Crippen molar-refractivity contribution in [2.24, 2.45) is 0 Å². The molecule has 0 atom stereocenters. The first-order chi connectivity index (χ1) is 19.7. The summed E-state index contributed by atoms with van der Waals surface area (Å²) >= 11 is 1.57. The van der Waals surface area contributed by atoms with E-state index in [4.69, 9.17) is 19.1 Å². The molecule has 5 aromatic rings. The molecular weight excluding hydrogens is 518 g/mol. The van der Waals surface area contributed by atoms with Crippen LogP contribution in [0.15, 0.2) is 94.1 Å². The number of benzene rings is 3. The standard InChI is InChI=1S/C33H31N3O3S/c1-38-32(37)26-14-16-29-27(22-26)34-31(36(29)19-18-24-11-6-3-7-12-24)25-15-17-30-28(21-25)35-33(39-30)40-20-8-13-23-9-4-2-5-10-23/h2,4-5,8-11,13-17,21-22H,3,6-7,12,18-20H2,1H3/b13-8+. The summed E-state index contributed by atoms with van der Waals surface area (Å²) in [7, 11) is 1.40. The number of rotatable bonds is 9. The highest BCUT2D eigenvalue weighted by atomic mass is 32.2. The van der Waals surface area contributed by atoms with Crippen LogP contribution >= 0.6 is 11.8 Å². The minimum atomic E-state index is -0.363. The number of esters is 1. The monoisotopic (exact) mass is 549 g/mol. The number of carbonyl (C=O) groups excluding carboxylic acids is 1. The van der Waals surface area contributed by atoms with E-state index in [0.717, 1.165) is 52.2 Å². The van der Waals surface area contributed by atoms with Gasteiger partial charge in [0.1, 0.15) is 11.3 Å². The number of imidazole rings is 1. The van der Waals surface area contributed by atoms with Gasteiger partial charge in [0, 0.05) is 17.9 Å². The quantitative estimate of drug-likeness (QED) is 0.105. The van der Waals surface area contributed by atoms with Crippen LogP contribution < -0.4 is 0 Å². The second kappa shape index (κ2) is 12.0. The van der Waals surface area contributed by atoms with Crippen molar-refractivity contribution >= 4 is 45.9 Å². The zero-order chi connectivity index (χ0) is 27.3. The molecule has 1 aliphatic carbocycles. The van der Waals surface area contributed by atoms with E-state index >= 15 is 0 Å². The zero-order valence-electron chi connectivity index (χ0n) is 22.5. The number of nitrogens with zero attached hydrogens (tertiary/aromatic N) is 3. The van der Waals surface area contributed by atoms with Gasteiger partial charge in [-0.25, -0.2) is 14.8 Å². The third kappa shape index (κ3) is 5.75. The summed E-state index contributed by atoms with van der Waals surface area (Å²) in [4.78, 5) is 21.9. The van der Waals surface area contributed by atoms with Crippen LogP contribution in [0, 0.1) is 0 Å². The molecule has 2 aromatic heterocycles. The van der Waals surface area contributed by atoms with Gasteiger partial charge in [-0.2, -0.15) is 0 Å². The average molecular weight is 550 g/mol. The average Bonchev–Trinajstić information content (AvgIpc) is 3.59. The van der Waals surface area contributed by atoms with Gasteiger partial charge in [0.15, 0.2) is 5.58 Å². The van der Waals surface area contributed by atoms with Crippen molar-refractivity contribution in [3.05, 3.63) is 95.6 Å². The van der Waals surface area contributed by atoms with Crippen molar-refractivity contribution < 1.29 is 13.9 Å². The molecule has 6 nitrogen and oxygen atoms in total. The first-order valence-electron chi connectivity index (χ1n) is 13.7. The fraction of sp³-hybridized carbons (Fsp3) is 0.242. The maximum absolute atomic E-state index is 12.2. The smallest absolute Gasteiger partial charge is 0.337 e. The Morgan fingerprint density at radius 2 is 1.95 bits per heavy atom. The second-order valence-corrected chi connectivity index (χ2v) is 10.9. The Bertz CT molecular complexity index is 1720. The Labute approximate surface area is 237 Å². The summed E-state index contributed by atoms with van der Waals surface area (Å²) in [5, 5.41) is 0.644. The normalized spacial score (nSPS) is 13.8. The molecule has 2 heterocycles. The molecule has 0 spiro atoms. The Morgan fingerprint density at radius 1 is 1.05 bits per heavy atom. The van der Waals surface area contributed by atoms with Gasteiger partial charge in [-0.1, -0.05) is 65.9 Å². The molecule has 1 aliphatic rings. The Balaban J connectivity index is 1.28. The number of methoxy groups -OCH3 is 1. The summed E-state index contributed by atoms with van der Waals surface area (Å²) < 4.78 is 13.2. The number of aryl methyl sites for hydroxylation is 1. The fourth-order valence-electron chi connectivity index (χ4n) is 5.18. The zero-order valence-corrected chi connectivity index (χ0v) is 23.3. The lowest BCUT2D eigenvalue weighted by Crippen LogP contribution is -2.04. The number of hydrogen-bond acceptors (Lipinski definition) is 6. The van der Waals surface area contributed by atoms with Crippen molar-refractivity contribution in [3.8, 4) is 11.4 Å². The minimum absolute atomic E-state index is 0.363. The summed E-state index contributed by atoms with van der Waals surface area (Å²) in [5.41, 5.74) is 7.48. The lowest BCUT2D eigenvalue weighted by Gasteiger charge is -2.15. The van der Waals surface area contributed by atoms with E-state index in [1.54, 1.807) is 11.8 Å². The molecular formula is C33H31N3O3S. The van der Waals surface area contributed by atoms with Gasteiger partial charge >= 0.3 is 5.97 Å². The fourth-order valence-corrected chi connectivity index (χ4v) is 5.83. The van der Waals surface area contributed by atoms with E-state index < -0.39 is 0 Å². The molecule has 0 aliphatic heterocycles. The van der Waals surface area contributed by atoms with E-state index in [1.807, 2.05) is 54.6 Å². The third-order valence-electron chi connectivity index (χ3n) is 7.25. The van der Waals surface area contributed by atoms with Crippen LogP contribution in [-0.4, -0.2) is 33.4 Å². The third-order valence-corrected chi connectivity index (χ3v) is 8.03. The van der Waals surface area contributed by atoms with E-state index in [-0.39, 0.29) is 5.97 Å². The SMILES string of the molecule is COC(=O)c1ccc2c(c1)nc(-c1ccc3oc(SC/C=C/c4ccccc4)nc3c1)n2CCC1=CCCCC1. The number of carbonyl (C=O) groups is 1. The highest BCUT2D eigenvalue weighted by Gasteiger charge is 2.17. The molecule has 202 valence electrons. The number of fused-ring (bicyclic) bond motifs is 2. The number of allylic oxidation sites excluding steroid dienone is 2. The van der Waals surface area contributed by atoms with Crippen molar-refractivity contribution in [2.45, 2.75) is 43.9 Å². The van der Waals surface area contributed by atoms with Gasteiger partial charge in [0.2, 0.25) is 0 Å². The van der Waals surface area contributed by atoms with Crippen LogP contribution in [0.4, 0.5) is 0 Å². The van der Waals surface area contributed by atoms with E-state index in [0.29, 0.717) is 10.8 Å². The summed E-state index contributed by atoms with van der Waals surface area (Å²) in [6.07, 6.45) is 12.5. The summed E-state index contributed by atoms with van der Waals surface area (Å²) in [6.45, 7) is 0.820. The molecule has 3 aromatic carbocycles. The number of hydrogen-bond donors (Lipinski definition) is 0. The Kier molecular flexibility index (Phi) is 7.82. The van der Waals surface area contributed by atoms with Gasteiger partial charge in [0.25, 0.3) is 5.22 Å². The first kappa shape index (κ1) is 26.1. The van der Waals surface area contributed by atoms with Crippen LogP contribution in [0.3, 0.4) is 0 Å². The van der Waals surface area contributed by atoms with Gasteiger partial charge in [-0.05, 0) is 74.1 Å². The van der Waals surface area contributed by atoms with E-state index in [1.165, 1.54) is 43.9 Å². The molecule has 0 radical (unpaired) electrons. The predicted octanol–water partition coefficient (Wildman–Crippen LogP) is 8.33. The highest BCUT2D eigenvalue weighted by Crippen LogP contribution is 2.31. The maximum Gasteiger partial charge on any atom is 0.337 e. The van der Waals surface area contributed by atoms with E-state index in [9.17, 15) is 4.79 Å². The molecule has 0 unspecified atom stereocenters. The second-order valence-electron chi connectivity index (χ2n) is 9.93. The maximum atomic E-state index is 12.2. The van der Waals surface area contributed by atoms with E-state index in [2.05, 4.69) is 34.9 Å². The molecule has 0 bridgehead atoms. The van der Waals surface area contributed by atoms with Gasteiger partial charge in [-0.15, -0.1) is 0 Å². The molecule has 0 N–H and O–H groups in total. The molecule has 6 rings (SSSR count). The highest BCUT2D eigenvalue weighted by molar-refractivity contribution is 7.99. The largest absolute Gasteiger partial charge is 0.465 e. The van der Waals surface area contributed by atoms with Crippen LogP contribution in [0.5, 0.6) is 0 Å². The van der Waals surface area contributed by atoms with Gasteiger partial charge < -0.3 is 13.7 Å². The van der Waals surface area contributed by atoms with Crippen LogP contribution in [-0.2, 0) is 11.3 Å². The van der Waals surface area contributed by atoms with Crippen LogP contribution in [0.25, 0.3) is 39.6 Å². The summed E-state index contributed by atoms with van der Waals surface area (Å²) in [6, 6.07) is 21.9. The molecule has 0 saturated carbocycles. The van der Waals surface area contributed by atoms with Crippen molar-refractivity contribution in [1.29, 1.82) is 0 Å². The minimum Gasteiger partial charge on any atom is -0.465 e. The Morgan fingerprint density at radius 3 is 2.77 bits per heavy atom. The topological polar surface area (TPSA) is 70.2 Å². The predicted molar refractivity (Wildman–Crippen MR) is 161 cm³/mol. The van der Waals surface area contributed by atoms with Crippen LogP contribution in [0.1, 0.15) is 48.0 Å². The lowest BCUT2D eigenvalue weighted by atomic mass is 9.97. The molecule has 7 heteroatoms. The van der Waals surface area contributed by atoms with Gasteiger partial charge in [-0.3, -0.25) is 0 Å². The van der Waals surface area contributed by atoms with Gasteiger partial charge in [0.05, 0.1) is 23.7 Å². The Hall–Kier alpha value is -4.10.